The van der Waals surface area contributed by atoms with Gasteiger partial charge >= 0.3 is 0 Å². The number of benzene rings is 1. The van der Waals surface area contributed by atoms with Crippen LogP contribution in [0.3, 0.4) is 0 Å². The molecule has 1 N–H and O–H groups in total. The highest BCUT2D eigenvalue weighted by Gasteiger charge is 2.33. The van der Waals surface area contributed by atoms with Crippen LogP contribution in [0.25, 0.3) is 0 Å². The van der Waals surface area contributed by atoms with Crippen molar-refractivity contribution in [1.29, 1.82) is 5.26 Å². The fraction of sp³-hybridized carbons (Fsp3) is 0.333. The van der Waals surface area contributed by atoms with Gasteiger partial charge in [-0.15, -0.1) is 0 Å². The molecule has 0 aliphatic heterocycles. The number of hydrogen-bond donors (Lipinski definition) is 1. The van der Waals surface area contributed by atoms with Gasteiger partial charge in [0.05, 0.1) is 12.6 Å². The van der Waals surface area contributed by atoms with Crippen LogP contribution in [0.2, 0.25) is 0 Å². The molecule has 0 bridgehead atoms. The van der Waals surface area contributed by atoms with E-state index in [2.05, 4.69) is 16.5 Å². The Labute approximate surface area is 113 Å². The zero-order chi connectivity index (χ0) is 13.7. The highest BCUT2D eigenvalue weighted by Crippen LogP contribution is 2.23. The van der Waals surface area contributed by atoms with Gasteiger partial charge in [-0.3, -0.25) is 10.00 Å². The molecule has 1 unspecified atom stereocenters. The van der Waals surface area contributed by atoms with Gasteiger partial charge in [0.2, 0.25) is 0 Å². The zero-order valence-corrected chi connectivity index (χ0v) is 11.2. The number of rotatable bonds is 5. The van der Waals surface area contributed by atoms with Crippen molar-refractivity contribution >= 4 is 0 Å². The molecule has 4 heteroatoms. The monoisotopic (exact) mass is 254 g/mol. The van der Waals surface area contributed by atoms with Crippen LogP contribution in [0.1, 0.15) is 19.4 Å². The maximum Gasteiger partial charge on any atom is 0.152 e. The summed E-state index contributed by atoms with van der Waals surface area (Å²) in [5.41, 5.74) is 0.197. The number of hydrogen-bond acceptors (Lipinski definition) is 3. The lowest BCUT2D eigenvalue weighted by molar-refractivity contribution is 0.325. The van der Waals surface area contributed by atoms with Crippen molar-refractivity contribution in [3.8, 4) is 6.07 Å². The van der Waals surface area contributed by atoms with Gasteiger partial charge in [0.25, 0.3) is 0 Å². The lowest BCUT2D eigenvalue weighted by atomic mass is 9.90. The van der Waals surface area contributed by atoms with Crippen LogP contribution in [-0.2, 0) is 12.1 Å². The number of nitrogens with zero attached hydrogens (tertiary/aromatic N) is 3. The van der Waals surface area contributed by atoms with Gasteiger partial charge in [-0.2, -0.15) is 10.4 Å². The predicted octanol–water partition coefficient (Wildman–Crippen LogP) is 2.30. The van der Waals surface area contributed by atoms with E-state index in [1.165, 1.54) is 0 Å². The molecule has 0 saturated carbocycles. The maximum absolute atomic E-state index is 9.72. The van der Waals surface area contributed by atoms with Crippen molar-refractivity contribution in [3.63, 3.8) is 0 Å². The molecule has 1 heterocycles. The summed E-state index contributed by atoms with van der Waals surface area (Å²) in [4.78, 5) is 0. The quantitative estimate of drug-likeness (QED) is 0.890. The molecule has 2 aromatic rings. The topological polar surface area (TPSA) is 53.6 Å². The SMILES string of the molecule is CC(C)NC(C#N)(Cn1cccn1)c1ccccc1. The van der Waals surface area contributed by atoms with E-state index < -0.39 is 5.54 Å². The molecule has 1 aromatic carbocycles. The van der Waals surface area contributed by atoms with Crippen molar-refractivity contribution in [2.75, 3.05) is 0 Å². The summed E-state index contributed by atoms with van der Waals surface area (Å²) in [6, 6.07) is 14.3. The molecule has 0 aliphatic carbocycles. The van der Waals surface area contributed by atoms with Gasteiger partial charge in [0.1, 0.15) is 0 Å². The first-order valence-corrected chi connectivity index (χ1v) is 6.38. The zero-order valence-electron chi connectivity index (χ0n) is 11.2. The Kier molecular flexibility index (Phi) is 3.98. The second-order valence-corrected chi connectivity index (χ2v) is 4.89. The summed E-state index contributed by atoms with van der Waals surface area (Å²) in [6.07, 6.45) is 3.60. The molecule has 0 aliphatic rings. The first-order chi connectivity index (χ1) is 9.16. The molecule has 0 fully saturated rings. The predicted molar refractivity (Wildman–Crippen MR) is 74.2 cm³/mol. The Morgan fingerprint density at radius 3 is 2.58 bits per heavy atom. The Morgan fingerprint density at radius 1 is 1.32 bits per heavy atom. The van der Waals surface area contributed by atoms with E-state index in [4.69, 9.17) is 0 Å². The molecule has 0 radical (unpaired) electrons. The van der Waals surface area contributed by atoms with Gasteiger partial charge in [-0.05, 0) is 25.5 Å². The molecular weight excluding hydrogens is 236 g/mol. The molecule has 98 valence electrons. The molecule has 0 spiro atoms. The highest BCUT2D eigenvalue weighted by atomic mass is 15.3. The lowest BCUT2D eigenvalue weighted by Gasteiger charge is -2.30. The molecular formula is C15H18N4. The summed E-state index contributed by atoms with van der Waals surface area (Å²) >= 11 is 0. The standard InChI is InChI=1S/C15H18N4/c1-13(2)18-15(11-16,12-19-10-6-9-17-19)14-7-4-3-5-8-14/h3-10,13,18H,12H2,1-2H3. The van der Waals surface area contributed by atoms with E-state index in [0.29, 0.717) is 6.54 Å². The largest absolute Gasteiger partial charge is 0.292 e. The maximum atomic E-state index is 9.72. The number of nitrogens with one attached hydrogen (secondary N) is 1. The van der Waals surface area contributed by atoms with Gasteiger partial charge in [0.15, 0.2) is 5.54 Å². The van der Waals surface area contributed by atoms with Crippen LogP contribution in [0.4, 0.5) is 0 Å². The molecule has 2 rings (SSSR count). The van der Waals surface area contributed by atoms with Gasteiger partial charge < -0.3 is 0 Å². The van der Waals surface area contributed by atoms with E-state index in [-0.39, 0.29) is 6.04 Å². The third-order valence-corrected chi connectivity index (χ3v) is 2.95. The second kappa shape index (κ2) is 5.68. The molecule has 1 atom stereocenters. The molecule has 0 amide bonds. The van der Waals surface area contributed by atoms with Crippen molar-refractivity contribution in [1.82, 2.24) is 15.1 Å². The number of aromatic nitrogens is 2. The molecule has 0 saturated heterocycles. The van der Waals surface area contributed by atoms with Gasteiger partial charge in [-0.25, -0.2) is 0 Å². The minimum absolute atomic E-state index is 0.204. The van der Waals surface area contributed by atoms with E-state index in [0.717, 1.165) is 5.56 Å². The Balaban J connectivity index is 2.40. The summed E-state index contributed by atoms with van der Waals surface area (Å²) in [5.74, 6) is 0. The lowest BCUT2D eigenvalue weighted by Crippen LogP contribution is -2.48. The minimum Gasteiger partial charge on any atom is -0.292 e. The smallest absolute Gasteiger partial charge is 0.152 e. The summed E-state index contributed by atoms with van der Waals surface area (Å²) < 4.78 is 1.78. The van der Waals surface area contributed by atoms with Gasteiger partial charge in [-0.1, -0.05) is 30.3 Å². The minimum atomic E-state index is -0.762. The summed E-state index contributed by atoms with van der Waals surface area (Å²) in [6.45, 7) is 4.56. The Bertz CT molecular complexity index is 539. The van der Waals surface area contributed by atoms with Crippen LogP contribution < -0.4 is 5.32 Å². The van der Waals surface area contributed by atoms with Crippen molar-refractivity contribution in [2.24, 2.45) is 0 Å². The fourth-order valence-corrected chi connectivity index (χ4v) is 2.20. The second-order valence-electron chi connectivity index (χ2n) is 4.89. The van der Waals surface area contributed by atoms with Crippen LogP contribution in [0.15, 0.2) is 48.8 Å². The highest BCUT2D eigenvalue weighted by molar-refractivity contribution is 5.31. The molecule has 1 aromatic heterocycles. The molecule has 19 heavy (non-hydrogen) atoms. The average Bonchev–Trinajstić information content (AvgIpc) is 2.91. The normalized spacial score (nSPS) is 14.0. The van der Waals surface area contributed by atoms with E-state index in [9.17, 15) is 5.26 Å². The van der Waals surface area contributed by atoms with Crippen LogP contribution >= 0.6 is 0 Å². The molecule has 4 nitrogen and oxygen atoms in total. The van der Waals surface area contributed by atoms with Crippen molar-refractivity contribution in [2.45, 2.75) is 32.0 Å². The average molecular weight is 254 g/mol. The summed E-state index contributed by atoms with van der Waals surface area (Å²) in [5, 5.41) is 17.3. The Morgan fingerprint density at radius 2 is 2.05 bits per heavy atom. The van der Waals surface area contributed by atoms with E-state index >= 15 is 0 Å². The van der Waals surface area contributed by atoms with Crippen molar-refractivity contribution in [3.05, 3.63) is 54.4 Å². The number of nitriles is 1. The van der Waals surface area contributed by atoms with Crippen molar-refractivity contribution < 1.29 is 0 Å². The third-order valence-electron chi connectivity index (χ3n) is 2.95. The van der Waals surface area contributed by atoms with Crippen LogP contribution in [0.5, 0.6) is 0 Å². The first-order valence-electron chi connectivity index (χ1n) is 6.38. The fourth-order valence-electron chi connectivity index (χ4n) is 2.20. The van der Waals surface area contributed by atoms with Gasteiger partial charge in [0, 0.05) is 18.4 Å². The summed E-state index contributed by atoms with van der Waals surface area (Å²) in [7, 11) is 0. The van der Waals surface area contributed by atoms with Crippen LogP contribution in [0, 0.1) is 11.3 Å². The third kappa shape index (κ3) is 3.01. The van der Waals surface area contributed by atoms with Crippen LogP contribution in [-0.4, -0.2) is 15.8 Å². The van der Waals surface area contributed by atoms with E-state index in [1.807, 2.05) is 56.4 Å². The van der Waals surface area contributed by atoms with E-state index in [1.54, 1.807) is 10.9 Å². The Hall–Kier alpha value is -2.12. The first kappa shape index (κ1) is 13.3.